The number of carbonyl (C=O) groups is 1. The number of halogens is 3. The Morgan fingerprint density at radius 1 is 1.12 bits per heavy atom. The van der Waals surface area contributed by atoms with Crippen LogP contribution >= 0.6 is 0 Å². The van der Waals surface area contributed by atoms with Crippen molar-refractivity contribution in [1.29, 1.82) is 0 Å². The predicted octanol–water partition coefficient (Wildman–Crippen LogP) is 4.80. The van der Waals surface area contributed by atoms with Crippen molar-refractivity contribution < 1.29 is 22.7 Å². The number of hydrogen-bond acceptors (Lipinski definition) is 3. The molecule has 1 atom stereocenters. The SMILES string of the molecule is CCOC(=O)C[C@H](NCc1ccccc1C(F)(F)F)c1ccc(C)cc1. The number of rotatable bonds is 7. The molecule has 0 aliphatic rings. The Morgan fingerprint density at radius 2 is 1.77 bits per heavy atom. The van der Waals surface area contributed by atoms with Crippen LogP contribution in [0.4, 0.5) is 13.2 Å². The molecule has 0 aliphatic heterocycles. The zero-order chi connectivity index (χ0) is 19.2. The summed E-state index contributed by atoms with van der Waals surface area (Å²) in [4.78, 5) is 11.9. The lowest BCUT2D eigenvalue weighted by Gasteiger charge is -2.20. The monoisotopic (exact) mass is 365 g/mol. The van der Waals surface area contributed by atoms with E-state index < -0.39 is 23.8 Å². The maximum Gasteiger partial charge on any atom is 0.416 e. The van der Waals surface area contributed by atoms with Crippen LogP contribution in [0.5, 0.6) is 0 Å². The molecular formula is C20H22F3NO2. The van der Waals surface area contributed by atoms with Gasteiger partial charge in [-0.2, -0.15) is 13.2 Å². The highest BCUT2D eigenvalue weighted by molar-refractivity contribution is 5.70. The number of ether oxygens (including phenoxy) is 1. The molecule has 0 aliphatic carbocycles. The molecule has 6 heteroatoms. The van der Waals surface area contributed by atoms with Crippen LogP contribution in [0.25, 0.3) is 0 Å². The van der Waals surface area contributed by atoms with E-state index in [1.807, 2.05) is 31.2 Å². The van der Waals surface area contributed by atoms with Crippen molar-refractivity contribution >= 4 is 5.97 Å². The molecule has 0 saturated carbocycles. The second-order valence-corrected chi connectivity index (χ2v) is 6.01. The van der Waals surface area contributed by atoms with Crippen molar-refractivity contribution in [3.63, 3.8) is 0 Å². The molecule has 26 heavy (non-hydrogen) atoms. The van der Waals surface area contributed by atoms with E-state index in [1.54, 1.807) is 13.0 Å². The number of carbonyl (C=O) groups excluding carboxylic acids is 1. The lowest BCUT2D eigenvalue weighted by Crippen LogP contribution is -2.25. The van der Waals surface area contributed by atoms with E-state index in [9.17, 15) is 18.0 Å². The number of nitrogens with one attached hydrogen (secondary N) is 1. The lowest BCUT2D eigenvalue weighted by atomic mass is 10.0. The number of benzene rings is 2. The van der Waals surface area contributed by atoms with Crippen molar-refractivity contribution in [1.82, 2.24) is 5.32 Å². The van der Waals surface area contributed by atoms with Crippen LogP contribution < -0.4 is 5.32 Å². The van der Waals surface area contributed by atoms with E-state index in [4.69, 9.17) is 4.74 Å². The largest absolute Gasteiger partial charge is 0.466 e. The molecule has 1 N–H and O–H groups in total. The first-order valence-electron chi connectivity index (χ1n) is 8.42. The van der Waals surface area contributed by atoms with Gasteiger partial charge in [-0.15, -0.1) is 0 Å². The summed E-state index contributed by atoms with van der Waals surface area (Å²) in [6.07, 6.45) is -4.37. The van der Waals surface area contributed by atoms with Crippen molar-refractivity contribution in [2.45, 2.75) is 39.0 Å². The summed E-state index contributed by atoms with van der Waals surface area (Å²) in [5.74, 6) is -0.394. The van der Waals surface area contributed by atoms with Crippen LogP contribution in [-0.2, 0) is 22.3 Å². The molecule has 0 amide bonds. The highest BCUT2D eigenvalue weighted by Crippen LogP contribution is 2.32. The molecule has 0 aromatic heterocycles. The third-order valence-electron chi connectivity index (χ3n) is 4.02. The van der Waals surface area contributed by atoms with Crippen LogP contribution in [0.1, 0.15) is 41.6 Å². The topological polar surface area (TPSA) is 38.3 Å². The first-order chi connectivity index (χ1) is 12.3. The van der Waals surface area contributed by atoms with Crippen LogP contribution in [0.2, 0.25) is 0 Å². The minimum absolute atomic E-state index is 0.00632. The standard InChI is InChI=1S/C20H22F3NO2/c1-3-26-19(25)12-18(15-10-8-14(2)9-11-15)24-13-16-6-4-5-7-17(16)20(21,22)23/h4-11,18,24H,3,12-13H2,1-2H3/t18-/m0/s1. The maximum absolute atomic E-state index is 13.1. The van der Waals surface area contributed by atoms with Gasteiger partial charge in [-0.05, 0) is 31.0 Å². The molecule has 0 spiro atoms. The fraction of sp³-hybridized carbons (Fsp3) is 0.350. The van der Waals surface area contributed by atoms with Crippen LogP contribution in [0.15, 0.2) is 48.5 Å². The quantitative estimate of drug-likeness (QED) is 0.717. The first kappa shape index (κ1) is 20.0. The molecule has 3 nitrogen and oxygen atoms in total. The second-order valence-electron chi connectivity index (χ2n) is 6.01. The molecule has 0 fully saturated rings. The Labute approximate surface area is 151 Å². The molecule has 0 radical (unpaired) electrons. The highest BCUT2D eigenvalue weighted by atomic mass is 19.4. The van der Waals surface area contributed by atoms with Gasteiger partial charge in [-0.25, -0.2) is 0 Å². The molecule has 0 heterocycles. The molecule has 2 rings (SSSR count). The Hall–Kier alpha value is -2.34. The first-order valence-corrected chi connectivity index (χ1v) is 8.42. The number of hydrogen-bond donors (Lipinski definition) is 1. The van der Waals surface area contributed by atoms with E-state index in [0.717, 1.165) is 17.2 Å². The highest BCUT2D eigenvalue weighted by Gasteiger charge is 2.33. The Balaban J connectivity index is 2.19. The van der Waals surface area contributed by atoms with Gasteiger partial charge in [0.25, 0.3) is 0 Å². The minimum Gasteiger partial charge on any atom is -0.466 e. The fourth-order valence-corrected chi connectivity index (χ4v) is 2.68. The fourth-order valence-electron chi connectivity index (χ4n) is 2.68. The van der Waals surface area contributed by atoms with Gasteiger partial charge in [-0.3, -0.25) is 4.79 Å². The summed E-state index contributed by atoms with van der Waals surface area (Å²) in [6.45, 7) is 3.91. The summed E-state index contributed by atoms with van der Waals surface area (Å²) in [5, 5.41) is 3.07. The average molecular weight is 365 g/mol. The van der Waals surface area contributed by atoms with E-state index in [1.165, 1.54) is 12.1 Å². The van der Waals surface area contributed by atoms with E-state index in [-0.39, 0.29) is 25.1 Å². The van der Waals surface area contributed by atoms with Crippen molar-refractivity contribution in [2.75, 3.05) is 6.61 Å². The average Bonchev–Trinajstić information content (AvgIpc) is 2.59. The Bertz CT molecular complexity index is 727. The van der Waals surface area contributed by atoms with Gasteiger partial charge in [0.15, 0.2) is 0 Å². The summed E-state index contributed by atoms with van der Waals surface area (Å²) < 4.78 is 44.4. The Kier molecular flexibility index (Phi) is 6.80. The number of aryl methyl sites for hydroxylation is 1. The normalized spacial score (nSPS) is 12.7. The van der Waals surface area contributed by atoms with Gasteiger partial charge in [0.1, 0.15) is 0 Å². The van der Waals surface area contributed by atoms with E-state index in [2.05, 4.69) is 5.32 Å². The molecular weight excluding hydrogens is 343 g/mol. The smallest absolute Gasteiger partial charge is 0.416 e. The third-order valence-corrected chi connectivity index (χ3v) is 4.02. The molecule has 140 valence electrons. The molecule has 2 aromatic carbocycles. The molecule has 0 unspecified atom stereocenters. The van der Waals surface area contributed by atoms with Gasteiger partial charge >= 0.3 is 12.1 Å². The Morgan fingerprint density at radius 3 is 2.38 bits per heavy atom. The van der Waals surface area contributed by atoms with Gasteiger partial charge in [0.2, 0.25) is 0 Å². The molecule has 0 bridgehead atoms. The second kappa shape index (κ2) is 8.85. The van der Waals surface area contributed by atoms with Crippen LogP contribution in [-0.4, -0.2) is 12.6 Å². The van der Waals surface area contributed by atoms with Crippen LogP contribution in [0, 0.1) is 6.92 Å². The van der Waals surface area contributed by atoms with Crippen molar-refractivity contribution in [3.05, 3.63) is 70.8 Å². The summed E-state index contributed by atoms with van der Waals surface area (Å²) in [6, 6.07) is 12.5. The number of alkyl halides is 3. The van der Waals surface area contributed by atoms with Crippen LogP contribution in [0.3, 0.4) is 0 Å². The van der Waals surface area contributed by atoms with Gasteiger partial charge in [0.05, 0.1) is 18.6 Å². The predicted molar refractivity (Wildman–Crippen MR) is 93.5 cm³/mol. The van der Waals surface area contributed by atoms with Crippen molar-refractivity contribution in [3.8, 4) is 0 Å². The lowest BCUT2D eigenvalue weighted by molar-refractivity contribution is -0.144. The van der Waals surface area contributed by atoms with E-state index in [0.29, 0.717) is 0 Å². The minimum atomic E-state index is -4.42. The summed E-state index contributed by atoms with van der Waals surface area (Å²) in [7, 11) is 0. The van der Waals surface area contributed by atoms with Gasteiger partial charge in [0, 0.05) is 12.6 Å². The maximum atomic E-state index is 13.1. The third kappa shape index (κ3) is 5.59. The van der Waals surface area contributed by atoms with Gasteiger partial charge in [-0.1, -0.05) is 48.0 Å². The summed E-state index contributed by atoms with van der Waals surface area (Å²) in [5.41, 5.74) is 1.35. The zero-order valence-electron chi connectivity index (χ0n) is 14.8. The number of esters is 1. The zero-order valence-corrected chi connectivity index (χ0v) is 14.8. The summed E-state index contributed by atoms with van der Waals surface area (Å²) >= 11 is 0. The van der Waals surface area contributed by atoms with Crippen molar-refractivity contribution in [2.24, 2.45) is 0 Å². The van der Waals surface area contributed by atoms with E-state index >= 15 is 0 Å². The molecule has 0 saturated heterocycles. The molecule has 2 aromatic rings. The van der Waals surface area contributed by atoms with Gasteiger partial charge < -0.3 is 10.1 Å².